The van der Waals surface area contributed by atoms with Gasteiger partial charge in [-0.2, -0.15) is 0 Å². The van der Waals surface area contributed by atoms with Crippen molar-refractivity contribution in [1.82, 2.24) is 5.32 Å². The molecule has 2 aromatic rings. The Kier molecular flexibility index (Phi) is 5.34. The molecule has 5 heteroatoms. The lowest BCUT2D eigenvalue weighted by molar-refractivity contribution is -0.136. The first-order valence-corrected chi connectivity index (χ1v) is 7.94. The maximum Gasteiger partial charge on any atom is 0.308 e. The van der Waals surface area contributed by atoms with Gasteiger partial charge in [0.2, 0.25) is 0 Å². The third kappa shape index (κ3) is 4.44. The maximum absolute atomic E-state index is 10.6. The number of thiophene rings is 1. The van der Waals surface area contributed by atoms with Gasteiger partial charge in [-0.3, -0.25) is 4.79 Å². The van der Waals surface area contributed by atoms with Crippen molar-refractivity contribution < 1.29 is 9.90 Å². The molecule has 0 bridgehead atoms. The first-order valence-electron chi connectivity index (χ1n) is 6.33. The summed E-state index contributed by atoms with van der Waals surface area (Å²) >= 11 is 5.02. The zero-order valence-electron chi connectivity index (χ0n) is 11.1. The SMILES string of the molecule is C[C@H](NCc1ccc(CC(=O)O)s1)c1cccc(Br)c1. The van der Waals surface area contributed by atoms with Crippen LogP contribution in [0, 0.1) is 0 Å². The zero-order valence-corrected chi connectivity index (χ0v) is 13.5. The summed E-state index contributed by atoms with van der Waals surface area (Å²) in [4.78, 5) is 12.7. The van der Waals surface area contributed by atoms with E-state index < -0.39 is 5.97 Å². The van der Waals surface area contributed by atoms with E-state index in [0.29, 0.717) is 0 Å². The quantitative estimate of drug-likeness (QED) is 0.825. The normalized spacial score (nSPS) is 12.3. The van der Waals surface area contributed by atoms with Gasteiger partial charge in [0.05, 0.1) is 6.42 Å². The number of hydrogen-bond acceptors (Lipinski definition) is 3. The first kappa shape index (κ1) is 15.2. The zero-order chi connectivity index (χ0) is 14.5. The third-order valence-electron chi connectivity index (χ3n) is 2.97. The Balaban J connectivity index is 1.91. The second kappa shape index (κ2) is 7.02. The molecule has 0 spiro atoms. The molecular weight excluding hydrogens is 338 g/mol. The summed E-state index contributed by atoms with van der Waals surface area (Å²) in [5.41, 5.74) is 1.22. The molecule has 2 N–H and O–H groups in total. The average Bonchev–Trinajstić information content (AvgIpc) is 2.82. The largest absolute Gasteiger partial charge is 0.481 e. The molecule has 0 saturated heterocycles. The minimum atomic E-state index is -0.783. The molecule has 20 heavy (non-hydrogen) atoms. The van der Waals surface area contributed by atoms with E-state index in [1.807, 2.05) is 24.3 Å². The molecule has 1 aromatic carbocycles. The summed E-state index contributed by atoms with van der Waals surface area (Å²) in [7, 11) is 0. The van der Waals surface area contributed by atoms with Gasteiger partial charge in [-0.05, 0) is 36.8 Å². The number of carboxylic acids is 1. The molecule has 0 aliphatic rings. The molecule has 1 aromatic heterocycles. The molecule has 0 amide bonds. The molecule has 2 rings (SSSR count). The van der Waals surface area contributed by atoms with Gasteiger partial charge in [0.1, 0.15) is 0 Å². The molecule has 0 aliphatic carbocycles. The highest BCUT2D eigenvalue weighted by atomic mass is 79.9. The van der Waals surface area contributed by atoms with E-state index in [1.165, 1.54) is 5.56 Å². The average molecular weight is 354 g/mol. The second-order valence-electron chi connectivity index (χ2n) is 4.60. The van der Waals surface area contributed by atoms with Crippen molar-refractivity contribution >= 4 is 33.2 Å². The van der Waals surface area contributed by atoms with Crippen LogP contribution in [0.1, 0.15) is 28.3 Å². The number of halogens is 1. The van der Waals surface area contributed by atoms with Crippen molar-refractivity contribution in [3.63, 3.8) is 0 Å². The Morgan fingerprint density at radius 2 is 2.10 bits per heavy atom. The highest BCUT2D eigenvalue weighted by Crippen LogP contribution is 2.20. The van der Waals surface area contributed by atoms with Crippen LogP contribution in [0.3, 0.4) is 0 Å². The van der Waals surface area contributed by atoms with Gasteiger partial charge in [-0.25, -0.2) is 0 Å². The van der Waals surface area contributed by atoms with Crippen LogP contribution in [-0.4, -0.2) is 11.1 Å². The highest BCUT2D eigenvalue weighted by molar-refractivity contribution is 9.10. The lowest BCUT2D eigenvalue weighted by Crippen LogP contribution is -2.17. The van der Waals surface area contributed by atoms with Crippen molar-refractivity contribution in [3.8, 4) is 0 Å². The molecule has 0 saturated carbocycles. The molecule has 1 heterocycles. The maximum atomic E-state index is 10.6. The van der Waals surface area contributed by atoms with Crippen molar-refractivity contribution in [2.24, 2.45) is 0 Å². The number of aliphatic carboxylic acids is 1. The lowest BCUT2D eigenvalue weighted by atomic mass is 10.1. The van der Waals surface area contributed by atoms with E-state index in [-0.39, 0.29) is 12.5 Å². The van der Waals surface area contributed by atoms with Gasteiger partial charge in [-0.1, -0.05) is 28.1 Å². The van der Waals surface area contributed by atoms with E-state index in [0.717, 1.165) is 20.8 Å². The van der Waals surface area contributed by atoms with Gasteiger partial charge in [-0.15, -0.1) is 11.3 Å². The molecule has 0 fully saturated rings. The van der Waals surface area contributed by atoms with E-state index in [2.05, 4.69) is 40.3 Å². The fourth-order valence-electron chi connectivity index (χ4n) is 1.91. The van der Waals surface area contributed by atoms with Gasteiger partial charge in [0.15, 0.2) is 0 Å². The lowest BCUT2D eigenvalue weighted by Gasteiger charge is -2.13. The molecule has 3 nitrogen and oxygen atoms in total. The Bertz CT molecular complexity index is 597. The Labute approximate surface area is 130 Å². The highest BCUT2D eigenvalue weighted by Gasteiger charge is 2.08. The van der Waals surface area contributed by atoms with E-state index >= 15 is 0 Å². The van der Waals surface area contributed by atoms with Crippen LogP contribution in [0.2, 0.25) is 0 Å². The molecule has 0 radical (unpaired) electrons. The van der Waals surface area contributed by atoms with Crippen molar-refractivity contribution in [2.75, 3.05) is 0 Å². The molecule has 106 valence electrons. The van der Waals surface area contributed by atoms with Crippen LogP contribution in [-0.2, 0) is 17.8 Å². The van der Waals surface area contributed by atoms with E-state index in [1.54, 1.807) is 11.3 Å². The van der Waals surface area contributed by atoms with Crippen molar-refractivity contribution in [3.05, 3.63) is 56.2 Å². The number of hydrogen-bond donors (Lipinski definition) is 2. The molecule has 1 atom stereocenters. The monoisotopic (exact) mass is 353 g/mol. The number of carboxylic acid groups (broad SMARTS) is 1. The molecular formula is C15H16BrNO2S. The minimum Gasteiger partial charge on any atom is -0.481 e. The second-order valence-corrected chi connectivity index (χ2v) is 6.76. The fraction of sp³-hybridized carbons (Fsp3) is 0.267. The Morgan fingerprint density at radius 3 is 2.80 bits per heavy atom. The van der Waals surface area contributed by atoms with Crippen LogP contribution >= 0.6 is 27.3 Å². The van der Waals surface area contributed by atoms with Crippen LogP contribution in [0.25, 0.3) is 0 Å². The van der Waals surface area contributed by atoms with Crippen LogP contribution < -0.4 is 5.32 Å². The number of rotatable bonds is 6. The molecule has 0 aliphatic heterocycles. The first-order chi connectivity index (χ1) is 9.54. The number of carbonyl (C=O) groups is 1. The van der Waals surface area contributed by atoms with Crippen LogP contribution in [0.4, 0.5) is 0 Å². The smallest absolute Gasteiger partial charge is 0.308 e. The Hall–Kier alpha value is -1.17. The number of benzene rings is 1. The van der Waals surface area contributed by atoms with Gasteiger partial charge in [0.25, 0.3) is 0 Å². The summed E-state index contributed by atoms with van der Waals surface area (Å²) in [6.07, 6.45) is 0.103. The minimum absolute atomic E-state index is 0.103. The predicted molar refractivity (Wildman–Crippen MR) is 85.1 cm³/mol. The summed E-state index contributed by atoms with van der Waals surface area (Å²) < 4.78 is 1.07. The van der Waals surface area contributed by atoms with E-state index in [4.69, 9.17) is 5.11 Å². The predicted octanol–water partition coefficient (Wildman–Crippen LogP) is 3.99. The van der Waals surface area contributed by atoms with Crippen LogP contribution in [0.5, 0.6) is 0 Å². The summed E-state index contributed by atoms with van der Waals surface area (Å²) in [5.74, 6) is -0.783. The summed E-state index contributed by atoms with van der Waals surface area (Å²) in [6, 6.07) is 12.3. The van der Waals surface area contributed by atoms with Crippen molar-refractivity contribution in [2.45, 2.75) is 25.9 Å². The molecule has 0 unspecified atom stereocenters. The number of nitrogens with one attached hydrogen (secondary N) is 1. The van der Waals surface area contributed by atoms with Crippen molar-refractivity contribution in [1.29, 1.82) is 0 Å². The van der Waals surface area contributed by atoms with Crippen LogP contribution in [0.15, 0.2) is 40.9 Å². The fourth-order valence-corrected chi connectivity index (χ4v) is 3.29. The third-order valence-corrected chi connectivity index (χ3v) is 4.55. The standard InChI is InChI=1S/C15H16BrNO2S/c1-10(11-3-2-4-12(16)7-11)17-9-14-6-5-13(20-14)8-15(18)19/h2-7,10,17H,8-9H2,1H3,(H,18,19)/t10-/m0/s1. The Morgan fingerprint density at radius 1 is 1.35 bits per heavy atom. The van der Waals surface area contributed by atoms with Gasteiger partial charge >= 0.3 is 5.97 Å². The van der Waals surface area contributed by atoms with Gasteiger partial charge < -0.3 is 10.4 Å². The summed E-state index contributed by atoms with van der Waals surface area (Å²) in [6.45, 7) is 2.87. The topological polar surface area (TPSA) is 49.3 Å². The summed E-state index contributed by atoms with van der Waals surface area (Å²) in [5, 5.41) is 12.2. The van der Waals surface area contributed by atoms with E-state index in [9.17, 15) is 4.79 Å². The van der Waals surface area contributed by atoms with Gasteiger partial charge in [0, 0.05) is 26.8 Å².